The van der Waals surface area contributed by atoms with Crippen LogP contribution in [0.3, 0.4) is 0 Å². The van der Waals surface area contributed by atoms with E-state index in [0.29, 0.717) is 6.42 Å². The topological polar surface area (TPSA) is 365 Å². The van der Waals surface area contributed by atoms with Crippen molar-refractivity contribution >= 4 is 47.4 Å². The van der Waals surface area contributed by atoms with E-state index >= 15 is 0 Å². The van der Waals surface area contributed by atoms with Crippen LogP contribution in [-0.2, 0) is 33.6 Å². The average molecular weight is 592 g/mol. The quantitative estimate of drug-likeness (QED) is 0.0355. The highest BCUT2D eigenvalue weighted by Crippen LogP contribution is 2.04. The van der Waals surface area contributed by atoms with E-state index in [1.807, 2.05) is 10.6 Å². The summed E-state index contributed by atoms with van der Waals surface area (Å²) in [6, 6.07) is -7.99. The minimum absolute atomic E-state index is 0.0895. The summed E-state index contributed by atoms with van der Waals surface area (Å²) in [5.74, 6) is -8.56. The van der Waals surface area contributed by atoms with Crippen LogP contribution in [0.15, 0.2) is 4.99 Å². The van der Waals surface area contributed by atoms with E-state index in [-0.39, 0.29) is 18.9 Å². The van der Waals surface area contributed by atoms with Gasteiger partial charge in [-0.15, -0.1) is 0 Å². The molecule has 0 unspecified atom stereocenters. The van der Waals surface area contributed by atoms with Crippen molar-refractivity contribution in [3.05, 3.63) is 0 Å². The van der Waals surface area contributed by atoms with Crippen molar-refractivity contribution in [2.75, 3.05) is 19.8 Å². The molecule has 0 saturated carbocycles. The van der Waals surface area contributed by atoms with Crippen molar-refractivity contribution in [3.8, 4) is 0 Å². The standard InChI is InChI=1S/C21H37N9O11/c22-9(2-1-5-26-21(24)25)16(36)27-10(3-4-15(34)35)17(37)28-11(6-14(23)33)18(38)29-12(7-31)19(39)30-13(8-32)20(40)41/h9-13,31-32H,1-8,22H2,(H2,23,33)(H,27,36)(H,28,37)(H,29,38)(H,30,39)(H,34,35)(H,40,41)(H4,24,25,26)/t9-,10-,11-,12-,13-/m0/s1. The number of hydrogen-bond acceptors (Lipinski definition) is 11. The molecular weight excluding hydrogens is 554 g/mol. The summed E-state index contributed by atoms with van der Waals surface area (Å²) in [6.45, 7) is -1.89. The molecule has 41 heavy (non-hydrogen) atoms. The maximum Gasteiger partial charge on any atom is 0.328 e. The van der Waals surface area contributed by atoms with E-state index in [1.165, 1.54) is 0 Å². The molecule has 16 N–H and O–H groups in total. The van der Waals surface area contributed by atoms with E-state index < -0.39 is 104 Å². The van der Waals surface area contributed by atoms with Gasteiger partial charge in [0, 0.05) is 13.0 Å². The molecule has 0 rings (SSSR count). The Bertz CT molecular complexity index is 988. The zero-order valence-electron chi connectivity index (χ0n) is 21.9. The Kier molecular flexibility index (Phi) is 16.6. The number of nitrogens with two attached hydrogens (primary N) is 4. The summed E-state index contributed by atoms with van der Waals surface area (Å²) in [6.07, 6.45) is -1.47. The molecule has 0 radical (unpaired) electrons. The zero-order valence-corrected chi connectivity index (χ0v) is 21.9. The Morgan fingerprint density at radius 1 is 0.683 bits per heavy atom. The second-order valence-corrected chi connectivity index (χ2v) is 8.61. The van der Waals surface area contributed by atoms with Gasteiger partial charge in [-0.25, -0.2) is 4.79 Å². The summed E-state index contributed by atoms with van der Waals surface area (Å²) in [4.78, 5) is 87.8. The van der Waals surface area contributed by atoms with Gasteiger partial charge in [-0.1, -0.05) is 0 Å². The van der Waals surface area contributed by atoms with Gasteiger partial charge in [0.1, 0.15) is 24.2 Å². The Hall–Kier alpha value is -4.56. The monoisotopic (exact) mass is 591 g/mol. The molecule has 0 aliphatic rings. The molecule has 0 heterocycles. The third-order valence-electron chi connectivity index (χ3n) is 5.24. The van der Waals surface area contributed by atoms with Crippen molar-refractivity contribution in [3.63, 3.8) is 0 Å². The molecule has 0 aliphatic carbocycles. The summed E-state index contributed by atoms with van der Waals surface area (Å²) < 4.78 is 0. The van der Waals surface area contributed by atoms with Crippen LogP contribution in [0.5, 0.6) is 0 Å². The Morgan fingerprint density at radius 2 is 1.17 bits per heavy atom. The molecule has 5 atom stereocenters. The van der Waals surface area contributed by atoms with Gasteiger partial charge in [-0.2, -0.15) is 0 Å². The van der Waals surface area contributed by atoms with E-state index in [1.54, 1.807) is 0 Å². The van der Waals surface area contributed by atoms with Crippen LogP contribution < -0.4 is 44.2 Å². The number of aliphatic hydroxyl groups excluding tert-OH is 2. The highest BCUT2D eigenvalue weighted by Gasteiger charge is 2.32. The van der Waals surface area contributed by atoms with E-state index in [9.17, 15) is 38.7 Å². The number of carbonyl (C=O) groups is 7. The lowest BCUT2D eigenvalue weighted by Crippen LogP contribution is -2.60. The molecule has 0 aliphatic heterocycles. The van der Waals surface area contributed by atoms with Crippen molar-refractivity contribution in [1.29, 1.82) is 0 Å². The number of rotatable bonds is 20. The number of aliphatic hydroxyl groups is 2. The molecule has 0 aromatic carbocycles. The fourth-order valence-electron chi connectivity index (χ4n) is 3.07. The number of aliphatic imine (C=N–C) groups is 1. The molecule has 20 nitrogen and oxygen atoms in total. The predicted octanol–water partition coefficient (Wildman–Crippen LogP) is -6.88. The van der Waals surface area contributed by atoms with Gasteiger partial charge in [0.15, 0.2) is 5.96 Å². The van der Waals surface area contributed by atoms with Crippen LogP contribution in [-0.4, -0.2) is 118 Å². The fourth-order valence-corrected chi connectivity index (χ4v) is 3.07. The molecular formula is C21H37N9O11. The van der Waals surface area contributed by atoms with Crippen molar-refractivity contribution in [2.24, 2.45) is 27.9 Å². The highest BCUT2D eigenvalue weighted by molar-refractivity contribution is 5.97. The van der Waals surface area contributed by atoms with Gasteiger partial charge >= 0.3 is 11.9 Å². The minimum Gasteiger partial charge on any atom is -0.481 e. The Labute approximate surface area is 233 Å². The van der Waals surface area contributed by atoms with Crippen LogP contribution in [0.4, 0.5) is 0 Å². The second kappa shape index (κ2) is 18.7. The Balaban J connectivity index is 5.61. The number of aliphatic carboxylic acids is 2. The first-order valence-corrected chi connectivity index (χ1v) is 12.1. The lowest BCUT2D eigenvalue weighted by Gasteiger charge is -2.25. The summed E-state index contributed by atoms with van der Waals surface area (Å²) >= 11 is 0. The van der Waals surface area contributed by atoms with Crippen LogP contribution in [0, 0.1) is 0 Å². The first-order chi connectivity index (χ1) is 19.1. The van der Waals surface area contributed by atoms with Gasteiger partial charge < -0.3 is 64.6 Å². The van der Waals surface area contributed by atoms with Gasteiger partial charge in [0.2, 0.25) is 29.5 Å². The molecule has 0 fully saturated rings. The highest BCUT2D eigenvalue weighted by atomic mass is 16.4. The first kappa shape index (κ1) is 36.4. The van der Waals surface area contributed by atoms with Crippen LogP contribution >= 0.6 is 0 Å². The third kappa shape index (κ3) is 15.0. The largest absolute Gasteiger partial charge is 0.481 e. The number of carbonyl (C=O) groups excluding carboxylic acids is 5. The first-order valence-electron chi connectivity index (χ1n) is 12.1. The lowest BCUT2D eigenvalue weighted by molar-refractivity contribution is -0.144. The molecule has 0 spiro atoms. The maximum atomic E-state index is 12.9. The van der Waals surface area contributed by atoms with E-state index in [0.717, 1.165) is 0 Å². The smallest absolute Gasteiger partial charge is 0.328 e. The van der Waals surface area contributed by atoms with E-state index in [2.05, 4.69) is 15.6 Å². The molecule has 0 aromatic rings. The molecule has 20 heteroatoms. The average Bonchev–Trinajstić information content (AvgIpc) is 2.88. The van der Waals surface area contributed by atoms with Gasteiger partial charge in [-0.3, -0.25) is 33.8 Å². The molecule has 5 amide bonds. The second-order valence-electron chi connectivity index (χ2n) is 8.61. The Morgan fingerprint density at radius 3 is 1.66 bits per heavy atom. The number of nitrogens with one attached hydrogen (secondary N) is 4. The number of amides is 5. The number of carboxylic acids is 2. The molecule has 232 valence electrons. The number of primary amides is 1. The number of guanidine groups is 1. The predicted molar refractivity (Wildman–Crippen MR) is 138 cm³/mol. The maximum absolute atomic E-state index is 12.9. The normalized spacial score (nSPS) is 14.2. The number of hydrogen-bond donors (Lipinski definition) is 12. The summed E-state index contributed by atoms with van der Waals surface area (Å²) in [7, 11) is 0. The zero-order chi connectivity index (χ0) is 31.7. The van der Waals surface area contributed by atoms with Crippen LogP contribution in [0.25, 0.3) is 0 Å². The van der Waals surface area contributed by atoms with Crippen LogP contribution in [0.2, 0.25) is 0 Å². The van der Waals surface area contributed by atoms with E-state index in [4.69, 9.17) is 38.3 Å². The van der Waals surface area contributed by atoms with Gasteiger partial charge in [0.05, 0.1) is 25.7 Å². The SMILES string of the molecule is NC(=O)C[C@H](NC(=O)[C@H](CCC(=O)O)NC(=O)[C@@H](N)CCCN=C(N)N)C(=O)N[C@@H](CO)C(=O)N[C@@H](CO)C(=O)O. The van der Waals surface area contributed by atoms with Crippen molar-refractivity contribution in [2.45, 2.75) is 62.3 Å². The van der Waals surface area contributed by atoms with Gasteiger partial charge in [-0.05, 0) is 19.3 Å². The van der Waals surface area contributed by atoms with Crippen molar-refractivity contribution < 1.29 is 54.0 Å². The molecule has 0 bridgehead atoms. The number of nitrogens with zero attached hydrogens (tertiary/aromatic N) is 1. The van der Waals surface area contributed by atoms with Crippen LogP contribution in [0.1, 0.15) is 32.1 Å². The molecule has 0 aromatic heterocycles. The number of carboxylic acid groups (broad SMARTS) is 2. The minimum atomic E-state index is -1.78. The lowest BCUT2D eigenvalue weighted by atomic mass is 10.1. The third-order valence-corrected chi connectivity index (χ3v) is 5.24. The fraction of sp³-hybridized carbons (Fsp3) is 0.619. The molecule has 0 saturated heterocycles. The summed E-state index contributed by atoms with van der Waals surface area (Å²) in [5.41, 5.74) is 21.4. The van der Waals surface area contributed by atoms with Crippen molar-refractivity contribution in [1.82, 2.24) is 21.3 Å². The van der Waals surface area contributed by atoms with Gasteiger partial charge in [0.25, 0.3) is 0 Å². The summed E-state index contributed by atoms with van der Waals surface area (Å²) in [5, 5.41) is 44.7.